The Balaban J connectivity index is 2.46. The molecule has 2 heterocycles. The molecule has 0 atom stereocenters. The van der Waals surface area contributed by atoms with Gasteiger partial charge in [-0.05, 0) is 17.5 Å². The lowest BCUT2D eigenvalue weighted by Crippen LogP contribution is -1.96. The molecule has 0 spiro atoms. The maximum Gasteiger partial charge on any atom is 0.337 e. The number of carbonyl (C=O) groups is 1. The Morgan fingerprint density at radius 2 is 2.29 bits per heavy atom. The van der Waals surface area contributed by atoms with Crippen LogP contribution in [-0.2, 0) is 0 Å². The highest BCUT2D eigenvalue weighted by Crippen LogP contribution is 2.24. The van der Waals surface area contributed by atoms with Crippen LogP contribution in [0.3, 0.4) is 0 Å². The zero-order chi connectivity index (χ0) is 9.97. The number of pyridine rings is 1. The summed E-state index contributed by atoms with van der Waals surface area (Å²) in [5.74, 6) is -0.948. The van der Waals surface area contributed by atoms with E-state index in [1.165, 1.54) is 6.20 Å². The molecule has 4 heteroatoms. The lowest BCUT2D eigenvalue weighted by Gasteiger charge is -1.97. The molecule has 0 aliphatic rings. The van der Waals surface area contributed by atoms with Crippen molar-refractivity contribution in [1.29, 1.82) is 0 Å². The summed E-state index contributed by atoms with van der Waals surface area (Å²) in [6.45, 7) is 0. The molecular weight excluding hydrogens is 198 g/mol. The summed E-state index contributed by atoms with van der Waals surface area (Å²) in [5, 5.41) is 10.7. The van der Waals surface area contributed by atoms with E-state index in [0.717, 1.165) is 10.4 Å². The molecule has 0 saturated heterocycles. The molecule has 0 saturated carbocycles. The monoisotopic (exact) mass is 205 g/mol. The predicted molar refractivity (Wildman–Crippen MR) is 54.5 cm³/mol. The number of rotatable bonds is 2. The van der Waals surface area contributed by atoms with Gasteiger partial charge in [0, 0.05) is 22.8 Å². The van der Waals surface area contributed by atoms with Gasteiger partial charge in [0.05, 0.1) is 5.56 Å². The molecule has 0 unspecified atom stereocenters. The summed E-state index contributed by atoms with van der Waals surface area (Å²) in [5.41, 5.74) is 1.07. The summed E-state index contributed by atoms with van der Waals surface area (Å²) in [6, 6.07) is 5.49. The number of nitrogens with zero attached hydrogens (tertiary/aromatic N) is 1. The van der Waals surface area contributed by atoms with E-state index >= 15 is 0 Å². The molecule has 0 amide bonds. The summed E-state index contributed by atoms with van der Waals surface area (Å²) >= 11 is 1.56. The van der Waals surface area contributed by atoms with Gasteiger partial charge in [-0.25, -0.2) is 4.79 Å². The van der Waals surface area contributed by atoms with Gasteiger partial charge >= 0.3 is 5.97 Å². The zero-order valence-corrected chi connectivity index (χ0v) is 7.99. The van der Waals surface area contributed by atoms with Crippen LogP contribution < -0.4 is 0 Å². The van der Waals surface area contributed by atoms with Gasteiger partial charge in [0.1, 0.15) is 0 Å². The quantitative estimate of drug-likeness (QED) is 0.819. The van der Waals surface area contributed by atoms with Crippen LogP contribution in [0.25, 0.3) is 10.4 Å². The van der Waals surface area contributed by atoms with Crippen LogP contribution in [0.1, 0.15) is 10.4 Å². The summed E-state index contributed by atoms with van der Waals surface area (Å²) in [7, 11) is 0. The topological polar surface area (TPSA) is 50.2 Å². The van der Waals surface area contributed by atoms with Crippen LogP contribution in [0.2, 0.25) is 0 Å². The van der Waals surface area contributed by atoms with Gasteiger partial charge in [-0.15, -0.1) is 11.3 Å². The van der Waals surface area contributed by atoms with Gasteiger partial charge in [-0.2, -0.15) is 0 Å². The van der Waals surface area contributed by atoms with E-state index in [2.05, 4.69) is 4.98 Å². The molecule has 0 aliphatic carbocycles. The predicted octanol–water partition coefficient (Wildman–Crippen LogP) is 2.51. The van der Waals surface area contributed by atoms with E-state index in [1.807, 2.05) is 17.5 Å². The van der Waals surface area contributed by atoms with Gasteiger partial charge < -0.3 is 5.11 Å². The molecule has 0 aliphatic heterocycles. The maximum absolute atomic E-state index is 10.7. The fraction of sp³-hybridized carbons (Fsp3) is 0. The molecule has 0 fully saturated rings. The Kier molecular flexibility index (Phi) is 2.28. The van der Waals surface area contributed by atoms with Crippen molar-refractivity contribution in [3.05, 3.63) is 41.5 Å². The smallest absolute Gasteiger partial charge is 0.337 e. The molecule has 1 N–H and O–H groups in total. The van der Waals surface area contributed by atoms with Crippen molar-refractivity contribution < 1.29 is 9.90 Å². The van der Waals surface area contributed by atoms with Crippen molar-refractivity contribution >= 4 is 17.3 Å². The minimum atomic E-state index is -0.948. The average molecular weight is 205 g/mol. The molecule has 2 rings (SSSR count). The first kappa shape index (κ1) is 8.90. The number of aromatic nitrogens is 1. The van der Waals surface area contributed by atoms with Gasteiger partial charge in [0.15, 0.2) is 0 Å². The van der Waals surface area contributed by atoms with Gasteiger partial charge in [-0.3, -0.25) is 4.98 Å². The Bertz CT molecular complexity index is 451. The average Bonchev–Trinajstić information content (AvgIpc) is 2.71. The number of hydrogen-bond donors (Lipinski definition) is 1. The SMILES string of the molecule is O=C(O)c1cncc(-c2cccs2)c1. The molecule has 0 aromatic carbocycles. The van der Waals surface area contributed by atoms with E-state index in [4.69, 9.17) is 5.11 Å². The van der Waals surface area contributed by atoms with Crippen molar-refractivity contribution in [1.82, 2.24) is 4.98 Å². The summed E-state index contributed by atoms with van der Waals surface area (Å²) in [4.78, 5) is 15.6. The normalized spacial score (nSPS) is 10.0. The van der Waals surface area contributed by atoms with Crippen molar-refractivity contribution in [3.63, 3.8) is 0 Å². The van der Waals surface area contributed by atoms with Gasteiger partial charge in [-0.1, -0.05) is 6.07 Å². The first-order valence-corrected chi connectivity index (χ1v) is 4.87. The summed E-state index contributed by atoms with van der Waals surface area (Å²) in [6.07, 6.45) is 3.01. The zero-order valence-electron chi connectivity index (χ0n) is 7.18. The van der Waals surface area contributed by atoms with E-state index in [0.29, 0.717) is 0 Å². The highest BCUT2D eigenvalue weighted by molar-refractivity contribution is 7.13. The van der Waals surface area contributed by atoms with Crippen molar-refractivity contribution in [2.75, 3.05) is 0 Å². The molecule has 70 valence electrons. The van der Waals surface area contributed by atoms with Gasteiger partial charge in [0.25, 0.3) is 0 Å². The number of carboxylic acid groups (broad SMARTS) is 1. The second kappa shape index (κ2) is 3.59. The number of carboxylic acids is 1. The number of aromatic carboxylic acids is 1. The van der Waals surface area contributed by atoms with Crippen LogP contribution in [0, 0.1) is 0 Å². The van der Waals surface area contributed by atoms with Crippen LogP contribution in [0.5, 0.6) is 0 Å². The Hall–Kier alpha value is -1.68. The van der Waals surface area contributed by atoms with Gasteiger partial charge in [0.2, 0.25) is 0 Å². The Labute approximate surface area is 84.7 Å². The minimum Gasteiger partial charge on any atom is -0.478 e. The van der Waals surface area contributed by atoms with Crippen LogP contribution in [0.4, 0.5) is 0 Å². The van der Waals surface area contributed by atoms with Crippen molar-refractivity contribution in [2.45, 2.75) is 0 Å². The van der Waals surface area contributed by atoms with Crippen LogP contribution in [-0.4, -0.2) is 16.1 Å². The fourth-order valence-electron chi connectivity index (χ4n) is 1.13. The lowest BCUT2D eigenvalue weighted by molar-refractivity contribution is 0.0696. The van der Waals surface area contributed by atoms with Crippen LogP contribution >= 0.6 is 11.3 Å². The largest absolute Gasteiger partial charge is 0.478 e. The highest BCUT2D eigenvalue weighted by atomic mass is 32.1. The molecular formula is C10H7NO2S. The van der Waals surface area contributed by atoms with E-state index < -0.39 is 5.97 Å². The third kappa shape index (κ3) is 1.65. The highest BCUT2D eigenvalue weighted by Gasteiger charge is 2.05. The fourth-order valence-corrected chi connectivity index (χ4v) is 1.84. The first-order chi connectivity index (χ1) is 6.77. The van der Waals surface area contributed by atoms with Crippen molar-refractivity contribution in [3.8, 4) is 10.4 Å². The molecule has 3 nitrogen and oxygen atoms in total. The van der Waals surface area contributed by atoms with Crippen molar-refractivity contribution in [2.24, 2.45) is 0 Å². The standard InChI is InChI=1S/C10H7NO2S/c12-10(13)8-4-7(5-11-6-8)9-2-1-3-14-9/h1-6H,(H,12,13). The maximum atomic E-state index is 10.7. The molecule has 0 bridgehead atoms. The minimum absolute atomic E-state index is 0.218. The van der Waals surface area contributed by atoms with E-state index in [1.54, 1.807) is 23.6 Å². The lowest BCUT2D eigenvalue weighted by atomic mass is 10.2. The second-order valence-electron chi connectivity index (χ2n) is 2.74. The Morgan fingerprint density at radius 3 is 2.93 bits per heavy atom. The molecule has 2 aromatic rings. The first-order valence-electron chi connectivity index (χ1n) is 3.99. The molecule has 2 aromatic heterocycles. The second-order valence-corrected chi connectivity index (χ2v) is 3.69. The van der Waals surface area contributed by atoms with Crippen LogP contribution in [0.15, 0.2) is 36.0 Å². The third-order valence-corrected chi connectivity index (χ3v) is 2.71. The third-order valence-electron chi connectivity index (χ3n) is 1.79. The summed E-state index contributed by atoms with van der Waals surface area (Å²) < 4.78 is 0. The number of thiophene rings is 1. The van der Waals surface area contributed by atoms with E-state index in [9.17, 15) is 4.79 Å². The number of hydrogen-bond acceptors (Lipinski definition) is 3. The molecule has 0 radical (unpaired) electrons. The molecule has 14 heavy (non-hydrogen) atoms. The van der Waals surface area contributed by atoms with E-state index in [-0.39, 0.29) is 5.56 Å². The Morgan fingerprint density at radius 1 is 1.43 bits per heavy atom.